The number of benzene rings is 2. The zero-order chi connectivity index (χ0) is 29.4. The summed E-state index contributed by atoms with van der Waals surface area (Å²) >= 11 is 0. The van der Waals surface area contributed by atoms with Crippen molar-refractivity contribution in [3.63, 3.8) is 0 Å². The predicted molar refractivity (Wildman–Crippen MR) is 160 cm³/mol. The molecule has 0 unspecified atom stereocenters. The first-order chi connectivity index (χ1) is 20.4. The quantitative estimate of drug-likeness (QED) is 0.222. The molecule has 2 heterocycles. The van der Waals surface area contributed by atoms with E-state index in [1.807, 2.05) is 35.6 Å². The summed E-state index contributed by atoms with van der Waals surface area (Å²) in [5.41, 5.74) is 6.45. The number of allylic oxidation sites excluding steroid dienone is 2. The summed E-state index contributed by atoms with van der Waals surface area (Å²) in [6, 6.07) is 15.1. The molecule has 2 saturated carbocycles. The number of amides is 1. The normalized spacial score (nSPS) is 18.2. The lowest BCUT2D eigenvalue weighted by Crippen LogP contribution is -2.27. The van der Waals surface area contributed by atoms with E-state index in [1.165, 1.54) is 22.8 Å². The Labute approximate surface area is 244 Å². The summed E-state index contributed by atoms with van der Waals surface area (Å²) < 4.78 is 22.3. The van der Waals surface area contributed by atoms with Crippen LogP contribution in [0.1, 0.15) is 84.7 Å². The van der Waals surface area contributed by atoms with Crippen molar-refractivity contribution in [1.82, 2.24) is 19.7 Å². The smallest absolute Gasteiger partial charge is 0.309 e. The van der Waals surface area contributed by atoms with Gasteiger partial charge in [-0.2, -0.15) is 0 Å². The van der Waals surface area contributed by atoms with Crippen molar-refractivity contribution in [1.29, 1.82) is 0 Å². The highest BCUT2D eigenvalue weighted by molar-refractivity contribution is 5.93. The standard InChI is InChI=1S/C34H35FN4O3/c1-4-20(3)24-9-7-6-8-21(24)14-15-36-32(40)29-18-31(22-10-11-22)39-19-30(38-34(39)37-29)25-13-12-23(16-28(25)35)26-17-27(26)33(41)42-5-2/h4,6-9,12-13,16,18-19,22,26-27H,5,10-11,14-15,17H2,1-3H3,(H,36,40)/b20-4-/t26-,27+/m0/s1. The van der Waals surface area contributed by atoms with Gasteiger partial charge in [0.15, 0.2) is 0 Å². The van der Waals surface area contributed by atoms with Crippen molar-refractivity contribution in [3.05, 3.63) is 94.7 Å². The van der Waals surface area contributed by atoms with E-state index in [-0.39, 0.29) is 23.7 Å². The Morgan fingerprint density at radius 1 is 1.14 bits per heavy atom. The molecule has 1 amide bonds. The van der Waals surface area contributed by atoms with Crippen LogP contribution >= 0.6 is 0 Å². The fourth-order valence-corrected chi connectivity index (χ4v) is 5.65. The molecule has 2 aromatic carbocycles. The molecule has 6 rings (SSSR count). The monoisotopic (exact) mass is 566 g/mol. The topological polar surface area (TPSA) is 85.6 Å². The fraction of sp³-hybridized carbons (Fsp3) is 0.353. The Bertz CT molecular complexity index is 1700. The molecule has 2 aliphatic rings. The first-order valence-corrected chi connectivity index (χ1v) is 14.7. The average Bonchev–Trinajstić information content (AvgIpc) is 3.93. The van der Waals surface area contributed by atoms with Gasteiger partial charge in [0.25, 0.3) is 5.91 Å². The van der Waals surface area contributed by atoms with Crippen molar-refractivity contribution in [2.24, 2.45) is 5.92 Å². The van der Waals surface area contributed by atoms with E-state index in [2.05, 4.69) is 40.4 Å². The van der Waals surface area contributed by atoms with E-state index in [0.717, 1.165) is 24.1 Å². The van der Waals surface area contributed by atoms with Gasteiger partial charge in [-0.15, -0.1) is 0 Å². The van der Waals surface area contributed by atoms with Crippen molar-refractivity contribution in [2.75, 3.05) is 13.2 Å². The molecule has 42 heavy (non-hydrogen) atoms. The molecule has 2 aromatic heterocycles. The second-order valence-corrected chi connectivity index (χ2v) is 11.2. The third kappa shape index (κ3) is 5.58. The van der Waals surface area contributed by atoms with Crippen molar-refractivity contribution >= 4 is 23.2 Å². The van der Waals surface area contributed by atoms with Gasteiger partial charge in [0.1, 0.15) is 11.5 Å². The summed E-state index contributed by atoms with van der Waals surface area (Å²) in [7, 11) is 0. The summed E-state index contributed by atoms with van der Waals surface area (Å²) in [6.45, 7) is 6.71. The van der Waals surface area contributed by atoms with Crippen LogP contribution in [0.15, 0.2) is 60.8 Å². The molecule has 1 N–H and O–H groups in total. The minimum absolute atomic E-state index is 0.0153. The number of fused-ring (bicyclic) bond motifs is 1. The number of hydrogen-bond donors (Lipinski definition) is 1. The van der Waals surface area contributed by atoms with Crippen LogP contribution in [-0.2, 0) is 16.0 Å². The van der Waals surface area contributed by atoms with Gasteiger partial charge in [-0.1, -0.05) is 36.4 Å². The Morgan fingerprint density at radius 2 is 1.95 bits per heavy atom. The van der Waals surface area contributed by atoms with E-state index < -0.39 is 5.82 Å². The van der Waals surface area contributed by atoms with E-state index >= 15 is 4.39 Å². The molecule has 2 atom stereocenters. The number of halogens is 1. The maximum Gasteiger partial charge on any atom is 0.309 e. The summed E-state index contributed by atoms with van der Waals surface area (Å²) in [4.78, 5) is 34.4. The van der Waals surface area contributed by atoms with Crippen LogP contribution in [0, 0.1) is 11.7 Å². The van der Waals surface area contributed by atoms with Crippen molar-refractivity contribution < 1.29 is 18.7 Å². The molecule has 8 heteroatoms. The first kappa shape index (κ1) is 27.8. The Morgan fingerprint density at radius 3 is 2.69 bits per heavy atom. The highest BCUT2D eigenvalue weighted by Crippen LogP contribution is 2.48. The van der Waals surface area contributed by atoms with Gasteiger partial charge in [0.2, 0.25) is 5.78 Å². The van der Waals surface area contributed by atoms with Crippen LogP contribution in [-0.4, -0.2) is 39.4 Å². The third-order valence-corrected chi connectivity index (χ3v) is 8.33. The lowest BCUT2D eigenvalue weighted by atomic mass is 9.98. The van der Waals surface area contributed by atoms with Crippen LogP contribution in [0.5, 0.6) is 0 Å². The van der Waals surface area contributed by atoms with Gasteiger partial charge in [-0.05, 0) is 98.8 Å². The minimum atomic E-state index is -0.398. The van der Waals surface area contributed by atoms with Gasteiger partial charge >= 0.3 is 5.97 Å². The molecular formula is C34H35FN4O3. The van der Waals surface area contributed by atoms with Gasteiger partial charge in [0.05, 0.1) is 18.2 Å². The fourth-order valence-electron chi connectivity index (χ4n) is 5.65. The van der Waals surface area contributed by atoms with Gasteiger partial charge in [0, 0.05) is 24.0 Å². The molecule has 2 fully saturated rings. The van der Waals surface area contributed by atoms with Crippen LogP contribution in [0.2, 0.25) is 0 Å². The van der Waals surface area contributed by atoms with E-state index in [0.29, 0.717) is 54.6 Å². The van der Waals surface area contributed by atoms with Gasteiger partial charge in [-0.3, -0.25) is 14.0 Å². The molecule has 0 radical (unpaired) electrons. The Kier molecular flexibility index (Phi) is 7.62. The molecule has 0 aliphatic heterocycles. The van der Waals surface area contributed by atoms with E-state index in [1.54, 1.807) is 19.2 Å². The maximum absolute atomic E-state index is 15.3. The SMILES string of the molecule is C/C=C(/C)c1ccccc1CCNC(=O)c1cc(C2CC2)n2cc(-c3ccc([C@@H]4C[C@H]4C(=O)OCC)cc3F)nc2n1. The van der Waals surface area contributed by atoms with Gasteiger partial charge < -0.3 is 10.1 Å². The number of carbonyl (C=O) groups excluding carboxylic acids is 2. The number of nitrogens with zero attached hydrogens (tertiary/aromatic N) is 3. The highest BCUT2D eigenvalue weighted by atomic mass is 19.1. The Hall–Kier alpha value is -4.33. The Balaban J connectivity index is 1.21. The van der Waals surface area contributed by atoms with E-state index in [4.69, 9.17) is 4.74 Å². The zero-order valence-corrected chi connectivity index (χ0v) is 24.2. The lowest BCUT2D eigenvalue weighted by Gasteiger charge is -2.11. The molecule has 7 nitrogen and oxygen atoms in total. The summed E-state index contributed by atoms with van der Waals surface area (Å²) in [5, 5.41) is 3.02. The van der Waals surface area contributed by atoms with Crippen molar-refractivity contribution in [3.8, 4) is 11.3 Å². The highest BCUT2D eigenvalue weighted by Gasteiger charge is 2.45. The summed E-state index contributed by atoms with van der Waals surface area (Å²) in [6.07, 6.45) is 7.32. The molecule has 4 aromatic rings. The molecule has 0 saturated heterocycles. The van der Waals surface area contributed by atoms with E-state index in [9.17, 15) is 9.59 Å². The van der Waals surface area contributed by atoms with Crippen LogP contribution in [0.25, 0.3) is 22.6 Å². The molecular weight excluding hydrogens is 531 g/mol. The summed E-state index contributed by atoms with van der Waals surface area (Å²) in [5.74, 6) is -0.390. The number of carbonyl (C=O) groups is 2. The number of rotatable bonds is 10. The lowest BCUT2D eigenvalue weighted by molar-refractivity contribution is -0.144. The largest absolute Gasteiger partial charge is 0.466 e. The molecule has 2 aliphatic carbocycles. The maximum atomic E-state index is 15.3. The van der Waals surface area contributed by atoms with Crippen molar-refractivity contribution in [2.45, 2.75) is 58.3 Å². The number of nitrogens with one attached hydrogen (secondary N) is 1. The van der Waals surface area contributed by atoms with Crippen LogP contribution in [0.4, 0.5) is 4.39 Å². The molecule has 216 valence electrons. The minimum Gasteiger partial charge on any atom is -0.466 e. The number of ether oxygens (including phenoxy) is 1. The number of aromatic nitrogens is 3. The number of esters is 1. The first-order valence-electron chi connectivity index (χ1n) is 14.7. The zero-order valence-electron chi connectivity index (χ0n) is 24.2. The average molecular weight is 567 g/mol. The number of imidazole rings is 1. The second kappa shape index (κ2) is 11.5. The second-order valence-electron chi connectivity index (χ2n) is 11.2. The third-order valence-electron chi connectivity index (χ3n) is 8.33. The predicted octanol–water partition coefficient (Wildman–Crippen LogP) is 6.48. The number of hydrogen-bond acceptors (Lipinski definition) is 5. The molecule has 0 spiro atoms. The molecule has 0 bridgehead atoms. The van der Waals surface area contributed by atoms with Crippen LogP contribution in [0.3, 0.4) is 0 Å². The van der Waals surface area contributed by atoms with Crippen LogP contribution < -0.4 is 5.32 Å². The van der Waals surface area contributed by atoms with Gasteiger partial charge in [-0.25, -0.2) is 14.4 Å².